The van der Waals surface area contributed by atoms with E-state index in [4.69, 9.17) is 5.84 Å². The highest BCUT2D eigenvalue weighted by atomic mass is 15.3. The Morgan fingerprint density at radius 2 is 2.10 bits per heavy atom. The van der Waals surface area contributed by atoms with Crippen LogP contribution in [0.5, 0.6) is 0 Å². The zero-order valence-electron chi connectivity index (χ0n) is 12.5. The van der Waals surface area contributed by atoms with Crippen LogP contribution < -0.4 is 11.3 Å². The van der Waals surface area contributed by atoms with Crippen molar-refractivity contribution in [2.24, 2.45) is 30.6 Å². The Balaban J connectivity index is 1.63. The average molecular weight is 277 g/mol. The molecule has 3 N–H and O–H groups in total. The molecule has 2 aliphatic carbocycles. The molecule has 3 rings (SSSR count). The quantitative estimate of drug-likeness (QED) is 0.650. The fourth-order valence-electron chi connectivity index (χ4n) is 4.34. The van der Waals surface area contributed by atoms with Gasteiger partial charge in [0.25, 0.3) is 0 Å². The number of nitrogens with two attached hydrogens (primary N) is 1. The van der Waals surface area contributed by atoms with Crippen molar-refractivity contribution < 1.29 is 0 Å². The topological polar surface area (TPSA) is 68.8 Å². The average Bonchev–Trinajstić information content (AvgIpc) is 2.89. The molecule has 5 nitrogen and oxygen atoms in total. The van der Waals surface area contributed by atoms with Gasteiger partial charge in [0, 0.05) is 19.5 Å². The van der Waals surface area contributed by atoms with E-state index in [1.807, 2.05) is 11.7 Å². The maximum Gasteiger partial charge on any atom is 0.138 e. The molecule has 0 amide bonds. The van der Waals surface area contributed by atoms with E-state index in [2.05, 4.69) is 15.5 Å². The number of fused-ring (bicyclic) bond motifs is 1. The molecule has 2 fully saturated rings. The van der Waals surface area contributed by atoms with Gasteiger partial charge in [-0.3, -0.25) is 16.0 Å². The van der Waals surface area contributed by atoms with Crippen LogP contribution in [0.2, 0.25) is 0 Å². The largest absolute Gasteiger partial charge is 0.271 e. The predicted molar refractivity (Wildman–Crippen MR) is 78.6 cm³/mol. The summed E-state index contributed by atoms with van der Waals surface area (Å²) in [5.74, 6) is 9.48. The Bertz CT molecular complexity index is 430. The molecule has 112 valence electrons. The molecule has 1 heterocycles. The molecule has 0 spiro atoms. The van der Waals surface area contributed by atoms with Gasteiger partial charge in [-0.15, -0.1) is 0 Å². The summed E-state index contributed by atoms with van der Waals surface area (Å²) in [5.41, 5.74) is 3.05. The second-order valence-electron chi connectivity index (χ2n) is 6.65. The zero-order chi connectivity index (χ0) is 13.9. The first kappa shape index (κ1) is 14.0. The Kier molecular flexibility index (Phi) is 4.36. The van der Waals surface area contributed by atoms with Crippen LogP contribution in [-0.2, 0) is 13.5 Å². The second-order valence-corrected chi connectivity index (χ2v) is 6.65. The van der Waals surface area contributed by atoms with Crippen LogP contribution in [0.1, 0.15) is 50.8 Å². The Morgan fingerprint density at radius 1 is 1.30 bits per heavy atom. The van der Waals surface area contributed by atoms with Crippen LogP contribution in [0.25, 0.3) is 0 Å². The van der Waals surface area contributed by atoms with Crippen LogP contribution in [0, 0.1) is 17.8 Å². The van der Waals surface area contributed by atoms with Crippen molar-refractivity contribution in [1.82, 2.24) is 20.2 Å². The van der Waals surface area contributed by atoms with Crippen molar-refractivity contribution in [1.29, 1.82) is 0 Å². The monoisotopic (exact) mass is 277 g/mol. The van der Waals surface area contributed by atoms with Crippen molar-refractivity contribution in [3.05, 3.63) is 12.2 Å². The van der Waals surface area contributed by atoms with E-state index < -0.39 is 0 Å². The van der Waals surface area contributed by atoms with Crippen LogP contribution >= 0.6 is 0 Å². The summed E-state index contributed by atoms with van der Waals surface area (Å²) >= 11 is 0. The standard InChI is InChI=1S/C15H27N5/c1-20-15(17-10-18-20)9-14(19-16)13-7-6-11-4-2-3-5-12(11)8-13/h10-14,19H,2-9,16H2,1H3. The third-order valence-corrected chi connectivity index (χ3v) is 5.57. The number of rotatable bonds is 4. The van der Waals surface area contributed by atoms with E-state index in [1.165, 1.54) is 44.9 Å². The summed E-state index contributed by atoms with van der Waals surface area (Å²) < 4.78 is 1.86. The van der Waals surface area contributed by atoms with E-state index in [1.54, 1.807) is 6.33 Å². The fraction of sp³-hybridized carbons (Fsp3) is 0.867. The molecule has 0 aliphatic heterocycles. The van der Waals surface area contributed by atoms with E-state index in [0.29, 0.717) is 12.0 Å². The molecular formula is C15H27N5. The lowest BCUT2D eigenvalue weighted by atomic mass is 9.66. The lowest BCUT2D eigenvalue weighted by molar-refractivity contribution is 0.108. The number of hydrogen-bond acceptors (Lipinski definition) is 4. The molecule has 0 aromatic carbocycles. The van der Waals surface area contributed by atoms with Gasteiger partial charge in [-0.2, -0.15) is 5.10 Å². The third-order valence-electron chi connectivity index (χ3n) is 5.57. The molecule has 0 saturated heterocycles. The van der Waals surface area contributed by atoms with Gasteiger partial charge >= 0.3 is 0 Å². The van der Waals surface area contributed by atoms with Crippen molar-refractivity contribution in [2.45, 2.75) is 57.4 Å². The maximum absolute atomic E-state index is 5.83. The van der Waals surface area contributed by atoms with Gasteiger partial charge in [-0.25, -0.2) is 4.98 Å². The number of nitrogens with one attached hydrogen (secondary N) is 1. The Morgan fingerprint density at radius 3 is 2.80 bits per heavy atom. The van der Waals surface area contributed by atoms with E-state index in [-0.39, 0.29) is 0 Å². The predicted octanol–water partition coefficient (Wildman–Crippen LogP) is 1.80. The summed E-state index contributed by atoms with van der Waals surface area (Å²) in [6, 6.07) is 0.334. The van der Waals surface area contributed by atoms with Gasteiger partial charge in [0.05, 0.1) is 0 Å². The third kappa shape index (κ3) is 2.88. The smallest absolute Gasteiger partial charge is 0.138 e. The number of aryl methyl sites for hydroxylation is 1. The highest BCUT2D eigenvalue weighted by molar-refractivity contribution is 4.94. The highest BCUT2D eigenvalue weighted by Crippen LogP contribution is 2.43. The molecule has 20 heavy (non-hydrogen) atoms. The summed E-state index contributed by atoms with van der Waals surface area (Å²) in [6.07, 6.45) is 12.3. The van der Waals surface area contributed by atoms with Gasteiger partial charge < -0.3 is 0 Å². The van der Waals surface area contributed by atoms with Crippen molar-refractivity contribution in [3.8, 4) is 0 Å². The number of nitrogens with zero attached hydrogens (tertiary/aromatic N) is 3. The van der Waals surface area contributed by atoms with E-state index in [9.17, 15) is 0 Å². The van der Waals surface area contributed by atoms with Crippen molar-refractivity contribution >= 4 is 0 Å². The molecule has 1 aromatic heterocycles. The van der Waals surface area contributed by atoms with Gasteiger partial charge in [0.2, 0.25) is 0 Å². The van der Waals surface area contributed by atoms with Crippen molar-refractivity contribution in [2.75, 3.05) is 0 Å². The molecule has 0 radical (unpaired) electrons. The second kappa shape index (κ2) is 6.22. The van der Waals surface area contributed by atoms with Crippen LogP contribution in [0.4, 0.5) is 0 Å². The summed E-state index contributed by atoms with van der Waals surface area (Å²) in [7, 11) is 1.95. The first-order valence-corrected chi connectivity index (χ1v) is 8.07. The molecule has 2 saturated carbocycles. The minimum Gasteiger partial charge on any atom is -0.271 e. The van der Waals surface area contributed by atoms with Gasteiger partial charge in [0.15, 0.2) is 0 Å². The molecule has 2 aliphatic rings. The fourth-order valence-corrected chi connectivity index (χ4v) is 4.34. The Labute approximate surface area is 121 Å². The first-order valence-electron chi connectivity index (χ1n) is 8.07. The lowest BCUT2D eigenvalue weighted by Crippen LogP contribution is -2.45. The molecule has 1 aromatic rings. The minimum absolute atomic E-state index is 0.334. The van der Waals surface area contributed by atoms with Crippen molar-refractivity contribution in [3.63, 3.8) is 0 Å². The van der Waals surface area contributed by atoms with Crippen LogP contribution in [0.15, 0.2) is 6.33 Å². The van der Waals surface area contributed by atoms with Crippen LogP contribution in [-0.4, -0.2) is 20.8 Å². The summed E-state index contributed by atoms with van der Waals surface area (Å²) in [5, 5.41) is 4.15. The van der Waals surface area contributed by atoms with Gasteiger partial charge in [0.1, 0.15) is 12.2 Å². The molecule has 4 atom stereocenters. The van der Waals surface area contributed by atoms with E-state index in [0.717, 1.165) is 24.1 Å². The molecule has 4 unspecified atom stereocenters. The molecule has 0 bridgehead atoms. The number of hydrogen-bond donors (Lipinski definition) is 2. The van der Waals surface area contributed by atoms with Gasteiger partial charge in [-0.1, -0.05) is 25.7 Å². The van der Waals surface area contributed by atoms with E-state index >= 15 is 0 Å². The Hall–Kier alpha value is -0.940. The minimum atomic E-state index is 0.334. The molecular weight excluding hydrogens is 250 g/mol. The molecule has 5 heteroatoms. The summed E-state index contributed by atoms with van der Waals surface area (Å²) in [4.78, 5) is 4.34. The lowest BCUT2D eigenvalue weighted by Gasteiger charge is -2.41. The number of aromatic nitrogens is 3. The zero-order valence-corrected chi connectivity index (χ0v) is 12.5. The first-order chi connectivity index (χ1) is 9.78. The van der Waals surface area contributed by atoms with Gasteiger partial charge in [-0.05, 0) is 37.0 Å². The number of hydrazine groups is 1. The van der Waals surface area contributed by atoms with Crippen LogP contribution in [0.3, 0.4) is 0 Å². The summed E-state index contributed by atoms with van der Waals surface area (Å²) in [6.45, 7) is 0. The highest BCUT2D eigenvalue weighted by Gasteiger charge is 2.35. The maximum atomic E-state index is 5.83. The SMILES string of the molecule is Cn1ncnc1CC(NN)C1CCC2CCCCC2C1. The normalized spacial score (nSPS) is 31.8.